The van der Waals surface area contributed by atoms with Gasteiger partial charge in [-0.05, 0) is 63.8 Å². The van der Waals surface area contributed by atoms with Crippen molar-refractivity contribution in [2.45, 2.75) is 128 Å². The molecule has 4 aromatic rings. The van der Waals surface area contributed by atoms with Gasteiger partial charge in [-0.2, -0.15) is 0 Å². The van der Waals surface area contributed by atoms with Crippen molar-refractivity contribution in [1.82, 2.24) is 0 Å². The minimum atomic E-state index is 0.393. The normalized spacial score (nSPS) is 10.9. The molecule has 0 aromatic heterocycles. The van der Waals surface area contributed by atoms with Crippen molar-refractivity contribution in [3.63, 3.8) is 0 Å². The number of hydrogen-bond acceptors (Lipinski definition) is 0. The maximum absolute atomic E-state index is 2.42. The molecule has 232 valence electrons. The predicted molar refractivity (Wildman–Crippen MR) is 195 cm³/mol. The van der Waals surface area contributed by atoms with E-state index in [0.29, 0.717) is 11.3 Å². The van der Waals surface area contributed by atoms with Crippen LogP contribution in [0.25, 0.3) is 21.9 Å². The van der Waals surface area contributed by atoms with E-state index < -0.39 is 0 Å². The van der Waals surface area contributed by atoms with Crippen molar-refractivity contribution in [3.05, 3.63) is 108 Å². The van der Waals surface area contributed by atoms with E-state index in [2.05, 4.69) is 160 Å². The first-order valence-corrected chi connectivity index (χ1v) is 16.8. The van der Waals surface area contributed by atoms with Gasteiger partial charge in [-0.3, -0.25) is 0 Å². The lowest BCUT2D eigenvalue weighted by Gasteiger charge is -2.35. The Kier molecular flexibility index (Phi) is 21.2. The highest BCUT2D eigenvalue weighted by Gasteiger charge is 2.29. The second-order valence-corrected chi connectivity index (χ2v) is 11.3. The summed E-state index contributed by atoms with van der Waals surface area (Å²) in [7, 11) is 0. The molecule has 42 heavy (non-hydrogen) atoms. The van der Waals surface area contributed by atoms with Crippen LogP contribution in [0.1, 0.15) is 130 Å². The number of rotatable bonds is 7. The van der Waals surface area contributed by atoms with Gasteiger partial charge in [-0.1, -0.05) is 199 Å². The third kappa shape index (κ3) is 12.6. The quantitative estimate of drug-likeness (QED) is 0.208. The van der Waals surface area contributed by atoms with E-state index in [9.17, 15) is 0 Å². The van der Waals surface area contributed by atoms with Gasteiger partial charge < -0.3 is 0 Å². The molecule has 4 aromatic carbocycles. The Bertz CT molecular complexity index is 1160. The Morgan fingerprint density at radius 2 is 0.976 bits per heavy atom. The molecule has 0 aliphatic heterocycles. The SMILES string of the molecule is CC.CCC.CCC(C)(CC)C(C)c1cccc2ccccc12.CCCCC.Cc1ccccc1-c1ccccc1C. The summed E-state index contributed by atoms with van der Waals surface area (Å²) in [5, 5.41) is 2.78. The summed E-state index contributed by atoms with van der Waals surface area (Å²) in [5.41, 5.74) is 7.24. The Morgan fingerprint density at radius 3 is 1.38 bits per heavy atom. The first-order chi connectivity index (χ1) is 20.2. The summed E-state index contributed by atoms with van der Waals surface area (Å²) in [6.07, 6.45) is 7.79. The molecule has 0 heterocycles. The van der Waals surface area contributed by atoms with Crippen LogP contribution < -0.4 is 0 Å². The van der Waals surface area contributed by atoms with Gasteiger partial charge in [0.05, 0.1) is 0 Å². The molecule has 0 radical (unpaired) electrons. The number of benzene rings is 4. The van der Waals surface area contributed by atoms with Gasteiger partial charge in [-0.25, -0.2) is 0 Å². The molecule has 0 N–H and O–H groups in total. The van der Waals surface area contributed by atoms with Crippen LogP contribution in [0.2, 0.25) is 0 Å². The lowest BCUT2D eigenvalue weighted by Crippen LogP contribution is -2.22. The first kappa shape index (κ1) is 39.1. The summed E-state index contributed by atoms with van der Waals surface area (Å²) in [6, 6.07) is 32.4. The van der Waals surface area contributed by atoms with Gasteiger partial charge in [-0.15, -0.1) is 0 Å². The molecule has 1 unspecified atom stereocenters. The Hall–Kier alpha value is -2.86. The highest BCUT2D eigenvalue weighted by Crippen LogP contribution is 2.43. The fourth-order valence-electron chi connectivity index (χ4n) is 4.97. The van der Waals surface area contributed by atoms with Crippen LogP contribution in [0.5, 0.6) is 0 Å². The number of hydrogen-bond donors (Lipinski definition) is 0. The van der Waals surface area contributed by atoms with E-state index in [1.807, 2.05) is 13.8 Å². The fourth-order valence-corrected chi connectivity index (χ4v) is 4.97. The smallest absolute Gasteiger partial charge is 0.0130 e. The molecule has 0 bridgehead atoms. The topological polar surface area (TPSA) is 0 Å². The third-order valence-electron chi connectivity index (χ3n) is 8.24. The van der Waals surface area contributed by atoms with Crippen molar-refractivity contribution in [3.8, 4) is 11.1 Å². The van der Waals surface area contributed by atoms with Crippen molar-refractivity contribution in [2.24, 2.45) is 5.41 Å². The average molecular weight is 569 g/mol. The fraction of sp³-hybridized carbons (Fsp3) is 0.476. The Morgan fingerprint density at radius 1 is 0.571 bits per heavy atom. The van der Waals surface area contributed by atoms with Crippen molar-refractivity contribution in [2.75, 3.05) is 0 Å². The van der Waals surface area contributed by atoms with Crippen LogP contribution in [0.15, 0.2) is 91.0 Å². The standard InChI is InChI=1S/C18H24.C14H14.C5H12.C3H8.C2H6/c1-5-18(4,6-2)14(3)16-13-9-11-15-10-7-8-12-17(15)16;1-11-7-3-5-9-13(11)14-10-6-4-8-12(14)2;1-3-5-4-2;1-3-2;1-2/h7-14H,5-6H2,1-4H3;3-10H,1-2H3;3-5H2,1-2H3;3H2,1-2H3;1-2H3. The highest BCUT2D eigenvalue weighted by atomic mass is 14.3. The zero-order valence-electron chi connectivity index (χ0n) is 29.5. The second-order valence-electron chi connectivity index (χ2n) is 11.3. The maximum atomic E-state index is 2.42. The molecular weight excluding hydrogens is 504 g/mol. The number of fused-ring (bicyclic) bond motifs is 1. The van der Waals surface area contributed by atoms with Crippen LogP contribution >= 0.6 is 0 Å². The van der Waals surface area contributed by atoms with Crippen molar-refractivity contribution < 1.29 is 0 Å². The molecule has 0 saturated carbocycles. The molecule has 0 saturated heterocycles. The summed E-state index contributed by atoms with van der Waals surface area (Å²) in [5.74, 6) is 0.596. The molecule has 1 atom stereocenters. The minimum Gasteiger partial charge on any atom is -0.0683 e. The molecule has 0 aliphatic rings. The average Bonchev–Trinajstić information content (AvgIpc) is 3.03. The van der Waals surface area contributed by atoms with Crippen molar-refractivity contribution >= 4 is 10.8 Å². The van der Waals surface area contributed by atoms with Gasteiger partial charge in [0.15, 0.2) is 0 Å². The molecular formula is C42H64. The molecule has 0 spiro atoms. The predicted octanol–water partition coefficient (Wildman–Crippen LogP) is 14.4. The summed E-state index contributed by atoms with van der Waals surface area (Å²) in [4.78, 5) is 0. The van der Waals surface area contributed by atoms with E-state index in [1.54, 1.807) is 0 Å². The van der Waals surface area contributed by atoms with Gasteiger partial charge >= 0.3 is 0 Å². The maximum Gasteiger partial charge on any atom is -0.0130 e. The molecule has 0 fully saturated rings. The molecule has 4 rings (SSSR count). The van der Waals surface area contributed by atoms with Crippen LogP contribution in [0, 0.1) is 19.3 Å². The summed E-state index contributed by atoms with van der Waals surface area (Å²) < 4.78 is 0. The van der Waals surface area contributed by atoms with Gasteiger partial charge in [0.25, 0.3) is 0 Å². The Balaban J connectivity index is 0.000000620. The first-order valence-electron chi connectivity index (χ1n) is 16.8. The van der Waals surface area contributed by atoms with Gasteiger partial charge in [0.1, 0.15) is 0 Å². The highest BCUT2D eigenvalue weighted by molar-refractivity contribution is 5.86. The molecule has 0 heteroatoms. The number of aryl methyl sites for hydroxylation is 2. The second kappa shape index (κ2) is 22.7. The van der Waals surface area contributed by atoms with E-state index in [4.69, 9.17) is 0 Å². The van der Waals surface area contributed by atoms with Crippen LogP contribution in [0.4, 0.5) is 0 Å². The van der Waals surface area contributed by atoms with E-state index in [1.165, 1.54) is 77.1 Å². The van der Waals surface area contributed by atoms with E-state index in [0.717, 1.165) is 0 Å². The summed E-state index contributed by atoms with van der Waals surface area (Å²) >= 11 is 0. The van der Waals surface area contributed by atoms with Gasteiger partial charge in [0, 0.05) is 0 Å². The lowest BCUT2D eigenvalue weighted by molar-refractivity contribution is 0.244. The zero-order chi connectivity index (χ0) is 32.0. The zero-order valence-corrected chi connectivity index (χ0v) is 29.5. The van der Waals surface area contributed by atoms with Crippen LogP contribution in [0.3, 0.4) is 0 Å². The van der Waals surface area contributed by atoms with Crippen LogP contribution in [-0.4, -0.2) is 0 Å². The molecule has 0 amide bonds. The third-order valence-corrected chi connectivity index (χ3v) is 8.24. The van der Waals surface area contributed by atoms with Crippen LogP contribution in [-0.2, 0) is 0 Å². The van der Waals surface area contributed by atoms with E-state index >= 15 is 0 Å². The summed E-state index contributed by atoms with van der Waals surface area (Å²) in [6.45, 7) is 26.4. The Labute approximate surface area is 262 Å². The lowest BCUT2D eigenvalue weighted by atomic mass is 9.70. The molecule has 0 nitrogen and oxygen atoms in total. The van der Waals surface area contributed by atoms with E-state index in [-0.39, 0.29) is 0 Å². The number of unbranched alkanes of at least 4 members (excludes halogenated alkanes) is 2. The largest absolute Gasteiger partial charge is 0.0683 e. The molecule has 0 aliphatic carbocycles. The van der Waals surface area contributed by atoms with Crippen molar-refractivity contribution in [1.29, 1.82) is 0 Å². The van der Waals surface area contributed by atoms with Gasteiger partial charge in [0.2, 0.25) is 0 Å². The minimum absolute atomic E-state index is 0.393. The monoisotopic (exact) mass is 569 g/mol.